The summed E-state index contributed by atoms with van der Waals surface area (Å²) in [6, 6.07) is 0. The summed E-state index contributed by atoms with van der Waals surface area (Å²) >= 11 is 0. The van der Waals surface area contributed by atoms with Gasteiger partial charge in [-0.3, -0.25) is 4.79 Å². The normalized spacial score (nSPS) is 17.1. The van der Waals surface area contributed by atoms with Crippen molar-refractivity contribution in [1.82, 2.24) is 0 Å². The molecule has 0 fully saturated rings. The van der Waals surface area contributed by atoms with Crippen molar-refractivity contribution in [2.75, 3.05) is 0 Å². The second kappa shape index (κ2) is 5.59. The Labute approximate surface area is 123 Å². The lowest BCUT2D eigenvalue weighted by Crippen LogP contribution is -2.28. The van der Waals surface area contributed by atoms with Gasteiger partial charge < -0.3 is 4.74 Å². The Morgan fingerprint density at radius 2 is 1.35 bits per heavy atom. The monoisotopic (exact) mass is 276 g/mol. The average Bonchev–Trinajstić information content (AvgIpc) is 2.24. The quantitative estimate of drug-likeness (QED) is 0.676. The zero-order valence-corrected chi connectivity index (χ0v) is 14.1. The fraction of sp³-hybridized carbons (Fsp3) is 0.611. The van der Waals surface area contributed by atoms with Gasteiger partial charge >= 0.3 is 0 Å². The van der Waals surface area contributed by atoms with E-state index in [9.17, 15) is 4.79 Å². The minimum Gasteiger partial charge on any atom is -0.498 e. The molecule has 0 unspecified atom stereocenters. The molecule has 0 radical (unpaired) electrons. The second-order valence-corrected chi connectivity index (χ2v) is 7.75. The Hall–Kier alpha value is -1.31. The number of allylic oxidation sites excluding steroid dienone is 5. The van der Waals surface area contributed by atoms with Crippen LogP contribution in [0.4, 0.5) is 0 Å². The van der Waals surface area contributed by atoms with E-state index >= 15 is 0 Å². The first-order valence-corrected chi connectivity index (χ1v) is 7.27. The maximum atomic E-state index is 12.7. The van der Waals surface area contributed by atoms with Gasteiger partial charge in [0.25, 0.3) is 0 Å². The smallest absolute Gasteiger partial charge is 0.186 e. The van der Waals surface area contributed by atoms with Gasteiger partial charge in [-0.15, -0.1) is 0 Å². The molecule has 112 valence electrons. The van der Waals surface area contributed by atoms with E-state index in [2.05, 4.69) is 41.5 Å². The number of ketones is 1. The van der Waals surface area contributed by atoms with Crippen molar-refractivity contribution in [1.29, 1.82) is 0 Å². The van der Waals surface area contributed by atoms with E-state index in [0.717, 1.165) is 16.7 Å². The highest BCUT2D eigenvalue weighted by Crippen LogP contribution is 2.38. The molecule has 0 N–H and O–H groups in total. The highest BCUT2D eigenvalue weighted by atomic mass is 16.5. The van der Waals surface area contributed by atoms with Crippen molar-refractivity contribution >= 4 is 5.78 Å². The summed E-state index contributed by atoms with van der Waals surface area (Å²) in [6.07, 6.45) is 5.81. The molecule has 0 saturated heterocycles. The fourth-order valence-corrected chi connectivity index (χ4v) is 2.05. The molecule has 0 atom stereocenters. The Morgan fingerprint density at radius 1 is 0.950 bits per heavy atom. The van der Waals surface area contributed by atoms with E-state index < -0.39 is 0 Å². The topological polar surface area (TPSA) is 26.3 Å². The molecule has 0 aromatic heterocycles. The van der Waals surface area contributed by atoms with E-state index in [1.54, 1.807) is 6.26 Å². The summed E-state index contributed by atoms with van der Waals surface area (Å²) in [5.74, 6) is 0.159. The van der Waals surface area contributed by atoms with Gasteiger partial charge in [0.1, 0.15) is 0 Å². The maximum Gasteiger partial charge on any atom is 0.186 e. The standard InChI is InChI=1S/C18H28O2/c1-12(2)20-11-13-9-14(17(3,4)5)16(19)15(10-13)18(6,7)8/h9-12H,1-8H3. The molecule has 0 aromatic rings. The lowest BCUT2D eigenvalue weighted by molar-refractivity contribution is -0.114. The summed E-state index contributed by atoms with van der Waals surface area (Å²) in [5, 5.41) is 0. The molecule has 0 bridgehead atoms. The summed E-state index contributed by atoms with van der Waals surface area (Å²) in [6.45, 7) is 16.4. The summed E-state index contributed by atoms with van der Waals surface area (Å²) in [4.78, 5) is 12.7. The third-order valence-electron chi connectivity index (χ3n) is 3.20. The van der Waals surface area contributed by atoms with Crippen LogP contribution >= 0.6 is 0 Å². The van der Waals surface area contributed by atoms with Gasteiger partial charge in [-0.2, -0.15) is 0 Å². The van der Waals surface area contributed by atoms with Crippen LogP contribution in [0.15, 0.2) is 35.1 Å². The Bertz CT molecular complexity index is 439. The first kappa shape index (κ1) is 16.7. The minimum atomic E-state index is -0.168. The van der Waals surface area contributed by atoms with Gasteiger partial charge in [0, 0.05) is 16.7 Å². The molecule has 0 saturated carbocycles. The van der Waals surface area contributed by atoms with E-state index in [1.807, 2.05) is 26.0 Å². The van der Waals surface area contributed by atoms with E-state index in [0.29, 0.717) is 0 Å². The fourth-order valence-electron chi connectivity index (χ4n) is 2.05. The number of carbonyl (C=O) groups is 1. The first-order valence-electron chi connectivity index (χ1n) is 7.27. The molecule has 0 aliphatic heterocycles. The summed E-state index contributed by atoms with van der Waals surface area (Å²) < 4.78 is 5.58. The highest BCUT2D eigenvalue weighted by Gasteiger charge is 2.34. The minimum absolute atomic E-state index is 0.137. The predicted octanol–water partition coefficient (Wildman–Crippen LogP) is 4.82. The van der Waals surface area contributed by atoms with Crippen LogP contribution in [0.25, 0.3) is 0 Å². The third kappa shape index (κ3) is 4.09. The van der Waals surface area contributed by atoms with Crippen molar-refractivity contribution in [2.24, 2.45) is 10.8 Å². The van der Waals surface area contributed by atoms with Gasteiger partial charge in [0.15, 0.2) is 5.78 Å². The van der Waals surface area contributed by atoms with Gasteiger partial charge in [0.05, 0.1) is 12.4 Å². The van der Waals surface area contributed by atoms with Crippen LogP contribution in [0, 0.1) is 10.8 Å². The van der Waals surface area contributed by atoms with Gasteiger partial charge in [-0.1, -0.05) is 41.5 Å². The molecular formula is C18H28O2. The molecule has 0 heterocycles. The molecule has 20 heavy (non-hydrogen) atoms. The lowest BCUT2D eigenvalue weighted by atomic mass is 9.72. The van der Waals surface area contributed by atoms with Crippen LogP contribution in [0.2, 0.25) is 0 Å². The molecule has 1 rings (SSSR count). The second-order valence-electron chi connectivity index (χ2n) is 7.75. The molecule has 1 aliphatic rings. The number of Topliss-reactive ketones (excluding diaryl/α,β-unsaturated/α-hetero) is 1. The number of hydrogen-bond donors (Lipinski definition) is 0. The number of ether oxygens (including phenoxy) is 1. The molecule has 1 aliphatic carbocycles. The molecule has 2 heteroatoms. The van der Waals surface area contributed by atoms with Crippen molar-refractivity contribution in [2.45, 2.75) is 61.5 Å². The van der Waals surface area contributed by atoms with Crippen LogP contribution < -0.4 is 0 Å². The summed E-state index contributed by atoms with van der Waals surface area (Å²) in [7, 11) is 0. The van der Waals surface area contributed by atoms with Gasteiger partial charge in [-0.25, -0.2) is 0 Å². The number of carbonyl (C=O) groups excluding carboxylic acids is 1. The third-order valence-corrected chi connectivity index (χ3v) is 3.20. The molecule has 0 amide bonds. The van der Waals surface area contributed by atoms with E-state index in [1.165, 1.54) is 0 Å². The van der Waals surface area contributed by atoms with E-state index in [4.69, 9.17) is 4.74 Å². The predicted molar refractivity (Wildman–Crippen MR) is 84.4 cm³/mol. The molecule has 2 nitrogen and oxygen atoms in total. The Balaban J connectivity index is 3.30. The average molecular weight is 276 g/mol. The van der Waals surface area contributed by atoms with E-state index in [-0.39, 0.29) is 22.7 Å². The Kier molecular flexibility index (Phi) is 4.68. The maximum absolute atomic E-state index is 12.7. The lowest BCUT2D eigenvalue weighted by Gasteiger charge is -2.31. The first-order chi connectivity index (χ1) is 8.93. The largest absolute Gasteiger partial charge is 0.498 e. The molecule has 0 spiro atoms. The van der Waals surface area contributed by atoms with Crippen LogP contribution in [0.3, 0.4) is 0 Å². The van der Waals surface area contributed by atoms with Crippen LogP contribution in [0.1, 0.15) is 55.4 Å². The van der Waals surface area contributed by atoms with Crippen LogP contribution in [0.5, 0.6) is 0 Å². The van der Waals surface area contributed by atoms with Crippen molar-refractivity contribution in [3.05, 3.63) is 35.1 Å². The van der Waals surface area contributed by atoms with Crippen molar-refractivity contribution in [3.8, 4) is 0 Å². The zero-order chi connectivity index (χ0) is 15.7. The highest BCUT2D eigenvalue weighted by molar-refractivity contribution is 6.11. The number of rotatable bonds is 2. The van der Waals surface area contributed by atoms with Crippen LogP contribution in [-0.2, 0) is 9.53 Å². The van der Waals surface area contributed by atoms with Gasteiger partial charge in [-0.05, 0) is 36.8 Å². The van der Waals surface area contributed by atoms with Crippen LogP contribution in [-0.4, -0.2) is 11.9 Å². The van der Waals surface area contributed by atoms with Crippen molar-refractivity contribution in [3.63, 3.8) is 0 Å². The SMILES string of the molecule is CC(C)OC=C1C=C(C(C)(C)C)C(=O)C(C(C)(C)C)=C1. The zero-order valence-electron chi connectivity index (χ0n) is 14.1. The molecular weight excluding hydrogens is 248 g/mol. The number of hydrogen-bond acceptors (Lipinski definition) is 2. The molecule has 0 aromatic carbocycles. The Morgan fingerprint density at radius 3 is 1.65 bits per heavy atom. The van der Waals surface area contributed by atoms with Crippen molar-refractivity contribution < 1.29 is 9.53 Å². The van der Waals surface area contributed by atoms with Gasteiger partial charge in [0.2, 0.25) is 0 Å². The summed E-state index contributed by atoms with van der Waals surface area (Å²) in [5.41, 5.74) is 2.33.